The number of methoxy groups -OCH3 is 1. The van der Waals surface area contributed by atoms with Crippen LogP contribution >= 0.6 is 11.6 Å². The van der Waals surface area contributed by atoms with Gasteiger partial charge in [-0.05, 0) is 24.3 Å². The summed E-state index contributed by atoms with van der Waals surface area (Å²) in [6.45, 7) is 4.45. The number of ether oxygens (including phenoxy) is 1. The summed E-state index contributed by atoms with van der Waals surface area (Å²) in [5, 5.41) is 8.30. The van der Waals surface area contributed by atoms with Gasteiger partial charge in [-0.25, -0.2) is 0 Å². The molecule has 0 aromatic heterocycles. The third-order valence-electron chi connectivity index (χ3n) is 3.37. The molecule has 1 aromatic carbocycles. The minimum atomic E-state index is -0.410. The molecule has 19 heavy (non-hydrogen) atoms. The van der Waals surface area contributed by atoms with Gasteiger partial charge in [-0.15, -0.1) is 11.6 Å². The van der Waals surface area contributed by atoms with Gasteiger partial charge in [-0.2, -0.15) is 5.26 Å². The van der Waals surface area contributed by atoms with Crippen LogP contribution in [0.4, 0.5) is 5.69 Å². The molecule has 1 atom stereocenters. The highest BCUT2D eigenvalue weighted by Gasteiger charge is 2.19. The van der Waals surface area contributed by atoms with E-state index in [9.17, 15) is 0 Å². The van der Waals surface area contributed by atoms with Crippen LogP contribution in [0.2, 0.25) is 0 Å². The molecule has 5 heteroatoms. The lowest BCUT2D eigenvalue weighted by atomic mass is 10.2. The zero-order valence-electron chi connectivity index (χ0n) is 11.1. The Morgan fingerprint density at radius 2 is 1.89 bits per heavy atom. The van der Waals surface area contributed by atoms with E-state index in [-0.39, 0.29) is 0 Å². The summed E-state index contributed by atoms with van der Waals surface area (Å²) < 4.78 is 5.16. The van der Waals surface area contributed by atoms with Crippen molar-refractivity contribution in [2.24, 2.45) is 0 Å². The number of nitrogens with zero attached hydrogens (tertiary/aromatic N) is 3. The topological polar surface area (TPSA) is 39.5 Å². The Balaban J connectivity index is 1.87. The maximum absolute atomic E-state index is 8.71. The first kappa shape index (κ1) is 14.0. The summed E-state index contributed by atoms with van der Waals surface area (Å²) >= 11 is 5.86. The van der Waals surface area contributed by atoms with Crippen molar-refractivity contribution in [2.75, 3.05) is 44.7 Å². The molecule has 0 bridgehead atoms. The Kier molecular flexibility index (Phi) is 4.89. The molecular formula is C14H18ClN3O. The fraction of sp³-hybridized carbons (Fsp3) is 0.500. The Morgan fingerprint density at radius 1 is 1.26 bits per heavy atom. The average Bonchev–Trinajstić information content (AvgIpc) is 2.48. The van der Waals surface area contributed by atoms with Crippen molar-refractivity contribution in [3.8, 4) is 11.8 Å². The van der Waals surface area contributed by atoms with E-state index in [4.69, 9.17) is 21.6 Å². The van der Waals surface area contributed by atoms with E-state index >= 15 is 0 Å². The first-order chi connectivity index (χ1) is 9.22. The molecule has 102 valence electrons. The highest BCUT2D eigenvalue weighted by Crippen LogP contribution is 2.20. The second kappa shape index (κ2) is 6.65. The fourth-order valence-electron chi connectivity index (χ4n) is 2.25. The summed E-state index contributed by atoms with van der Waals surface area (Å²) in [5.74, 6) is 0.876. The maximum Gasteiger partial charge on any atom is 0.133 e. The van der Waals surface area contributed by atoms with Crippen molar-refractivity contribution in [1.29, 1.82) is 5.26 Å². The standard InChI is InChI=1S/C14H18ClN3O/c1-19-14-4-2-13(3-5-14)18-8-6-17(7-9-18)11-12(15)10-16/h2-5,12H,6-9,11H2,1H3. The lowest BCUT2D eigenvalue weighted by Gasteiger charge is -2.36. The molecule has 1 heterocycles. The van der Waals surface area contributed by atoms with Crippen LogP contribution in [0.1, 0.15) is 0 Å². The number of alkyl halides is 1. The van der Waals surface area contributed by atoms with Crippen molar-refractivity contribution in [1.82, 2.24) is 4.90 Å². The van der Waals surface area contributed by atoms with Gasteiger partial charge in [0, 0.05) is 38.4 Å². The van der Waals surface area contributed by atoms with Crippen LogP contribution in [0.3, 0.4) is 0 Å². The molecule has 0 radical (unpaired) electrons. The van der Waals surface area contributed by atoms with Gasteiger partial charge < -0.3 is 9.64 Å². The first-order valence-electron chi connectivity index (χ1n) is 6.38. The molecule has 1 aromatic rings. The molecule has 4 nitrogen and oxygen atoms in total. The van der Waals surface area contributed by atoms with Crippen LogP contribution in [0.15, 0.2) is 24.3 Å². The van der Waals surface area contributed by atoms with Crippen LogP contribution in [-0.4, -0.2) is 50.1 Å². The van der Waals surface area contributed by atoms with E-state index < -0.39 is 5.38 Å². The number of halogens is 1. The summed E-state index contributed by atoms with van der Waals surface area (Å²) in [6, 6.07) is 10.2. The van der Waals surface area contributed by atoms with Crippen molar-refractivity contribution in [3.63, 3.8) is 0 Å². The molecule has 0 N–H and O–H groups in total. The Labute approximate surface area is 119 Å². The molecular weight excluding hydrogens is 262 g/mol. The van der Waals surface area contributed by atoms with E-state index in [0.29, 0.717) is 6.54 Å². The van der Waals surface area contributed by atoms with Gasteiger partial charge in [0.15, 0.2) is 0 Å². The average molecular weight is 280 g/mol. The molecule has 1 aliphatic rings. The van der Waals surface area contributed by atoms with Crippen LogP contribution in [0, 0.1) is 11.3 Å². The van der Waals surface area contributed by atoms with Crippen molar-refractivity contribution in [2.45, 2.75) is 5.38 Å². The van der Waals surface area contributed by atoms with Crippen molar-refractivity contribution >= 4 is 17.3 Å². The number of benzene rings is 1. The normalized spacial score (nSPS) is 17.8. The molecule has 0 spiro atoms. The van der Waals surface area contributed by atoms with Gasteiger partial charge in [0.25, 0.3) is 0 Å². The Morgan fingerprint density at radius 3 is 2.42 bits per heavy atom. The Hall–Kier alpha value is -1.44. The number of piperazine rings is 1. The largest absolute Gasteiger partial charge is 0.497 e. The molecule has 1 unspecified atom stereocenters. The lowest BCUT2D eigenvalue weighted by Crippen LogP contribution is -2.47. The van der Waals surface area contributed by atoms with E-state index in [2.05, 4.69) is 28.0 Å². The molecule has 1 saturated heterocycles. The summed E-state index contributed by atoms with van der Waals surface area (Å²) in [5.41, 5.74) is 1.21. The molecule has 2 rings (SSSR count). The predicted octanol–water partition coefficient (Wildman–Crippen LogP) is 1.95. The number of anilines is 1. The van der Waals surface area contributed by atoms with Crippen LogP contribution < -0.4 is 9.64 Å². The second-order valence-electron chi connectivity index (χ2n) is 4.58. The van der Waals surface area contributed by atoms with Crippen LogP contribution in [0.5, 0.6) is 5.75 Å². The second-order valence-corrected chi connectivity index (χ2v) is 5.11. The van der Waals surface area contributed by atoms with Gasteiger partial charge in [0.1, 0.15) is 11.1 Å². The SMILES string of the molecule is COc1ccc(N2CCN(CC(Cl)C#N)CC2)cc1. The zero-order chi connectivity index (χ0) is 13.7. The number of hydrogen-bond acceptors (Lipinski definition) is 4. The molecule has 0 saturated carbocycles. The minimum absolute atomic E-state index is 0.410. The fourth-order valence-corrected chi connectivity index (χ4v) is 2.44. The zero-order valence-corrected chi connectivity index (χ0v) is 11.8. The minimum Gasteiger partial charge on any atom is -0.497 e. The molecule has 1 fully saturated rings. The first-order valence-corrected chi connectivity index (χ1v) is 6.81. The molecule has 0 aliphatic carbocycles. The van der Waals surface area contributed by atoms with Gasteiger partial charge in [0.05, 0.1) is 13.2 Å². The highest BCUT2D eigenvalue weighted by atomic mass is 35.5. The summed E-state index contributed by atoms with van der Waals surface area (Å²) in [4.78, 5) is 4.58. The smallest absolute Gasteiger partial charge is 0.133 e. The maximum atomic E-state index is 8.71. The monoisotopic (exact) mass is 279 g/mol. The third-order valence-corrected chi connectivity index (χ3v) is 3.60. The quantitative estimate of drug-likeness (QED) is 0.790. The molecule has 1 aliphatic heterocycles. The number of rotatable bonds is 4. The van der Waals surface area contributed by atoms with E-state index in [1.165, 1.54) is 5.69 Å². The summed E-state index contributed by atoms with van der Waals surface area (Å²) in [7, 11) is 1.67. The molecule has 0 amide bonds. The van der Waals surface area contributed by atoms with Crippen molar-refractivity contribution < 1.29 is 4.74 Å². The third kappa shape index (κ3) is 3.76. The van der Waals surface area contributed by atoms with Gasteiger partial charge in [-0.1, -0.05) is 0 Å². The van der Waals surface area contributed by atoms with Gasteiger partial charge in [-0.3, -0.25) is 4.90 Å². The Bertz CT molecular complexity index is 435. The summed E-state index contributed by atoms with van der Waals surface area (Å²) in [6.07, 6.45) is 0. The van der Waals surface area contributed by atoms with E-state index in [0.717, 1.165) is 31.9 Å². The number of hydrogen-bond donors (Lipinski definition) is 0. The highest BCUT2D eigenvalue weighted by molar-refractivity contribution is 6.22. The van der Waals surface area contributed by atoms with E-state index in [1.807, 2.05) is 12.1 Å². The number of nitriles is 1. The predicted molar refractivity (Wildman–Crippen MR) is 76.9 cm³/mol. The van der Waals surface area contributed by atoms with Crippen molar-refractivity contribution in [3.05, 3.63) is 24.3 Å². The van der Waals surface area contributed by atoms with E-state index in [1.54, 1.807) is 7.11 Å². The van der Waals surface area contributed by atoms with Gasteiger partial charge in [0.2, 0.25) is 0 Å². The lowest BCUT2D eigenvalue weighted by molar-refractivity contribution is 0.265. The van der Waals surface area contributed by atoms with Crippen LogP contribution in [-0.2, 0) is 0 Å². The van der Waals surface area contributed by atoms with Gasteiger partial charge >= 0.3 is 0 Å². The van der Waals surface area contributed by atoms with Crippen LogP contribution in [0.25, 0.3) is 0 Å².